The number of aliphatic hydroxyl groups excluding tert-OH is 1. The lowest BCUT2D eigenvalue weighted by Gasteiger charge is -2.22. The van der Waals surface area contributed by atoms with E-state index in [4.69, 9.17) is 9.84 Å². The number of hydrogen-bond acceptors (Lipinski definition) is 4. The lowest BCUT2D eigenvalue weighted by atomic mass is 9.91. The molecular formula is C17H25ClF2N2O3. The van der Waals surface area contributed by atoms with Crippen molar-refractivity contribution in [3.8, 4) is 5.75 Å². The van der Waals surface area contributed by atoms with Gasteiger partial charge in [-0.15, -0.1) is 12.4 Å². The highest BCUT2D eigenvalue weighted by atomic mass is 35.5. The number of methoxy groups -OCH3 is 1. The predicted molar refractivity (Wildman–Crippen MR) is 92.8 cm³/mol. The average Bonchev–Trinajstić information content (AvgIpc) is 2.94. The highest BCUT2D eigenvalue weighted by Gasteiger charge is 2.36. The molecule has 2 rings (SSSR count). The molecule has 0 spiro atoms. The number of nitrogens with one attached hydrogen (secondary N) is 1. The third kappa shape index (κ3) is 5.03. The Morgan fingerprint density at radius 3 is 2.64 bits per heavy atom. The molecule has 0 bridgehead atoms. The first-order valence-electron chi connectivity index (χ1n) is 8.00. The van der Waals surface area contributed by atoms with Crippen molar-refractivity contribution < 1.29 is 23.4 Å². The van der Waals surface area contributed by atoms with Crippen LogP contribution in [0.2, 0.25) is 0 Å². The third-order valence-electron chi connectivity index (χ3n) is 4.54. The van der Waals surface area contributed by atoms with Gasteiger partial charge in [-0.3, -0.25) is 9.69 Å². The molecular weight excluding hydrogens is 354 g/mol. The molecule has 0 radical (unpaired) electrons. The second-order valence-corrected chi connectivity index (χ2v) is 6.48. The van der Waals surface area contributed by atoms with Crippen LogP contribution in [0, 0.1) is 23.5 Å². The predicted octanol–water partition coefficient (Wildman–Crippen LogP) is 1.96. The van der Waals surface area contributed by atoms with E-state index < -0.39 is 24.1 Å². The third-order valence-corrected chi connectivity index (χ3v) is 4.54. The van der Waals surface area contributed by atoms with Crippen LogP contribution in [0.4, 0.5) is 8.78 Å². The average molecular weight is 379 g/mol. The Morgan fingerprint density at radius 2 is 2.08 bits per heavy atom. The fraction of sp³-hybridized carbons (Fsp3) is 0.588. The summed E-state index contributed by atoms with van der Waals surface area (Å²) in [5.41, 5.74) is 0.175. The number of ether oxygens (including phenoxy) is 1. The number of likely N-dealkylation sites (tertiary alicyclic amines) is 1. The van der Waals surface area contributed by atoms with E-state index in [1.807, 2.05) is 4.90 Å². The first-order chi connectivity index (χ1) is 11.4. The summed E-state index contributed by atoms with van der Waals surface area (Å²) in [6.07, 6.45) is 0. The van der Waals surface area contributed by atoms with Gasteiger partial charge in [0.1, 0.15) is 12.4 Å². The Balaban J connectivity index is 0.00000312. The summed E-state index contributed by atoms with van der Waals surface area (Å²) in [5, 5.41) is 11.7. The minimum atomic E-state index is -0.907. The van der Waals surface area contributed by atoms with Crippen LogP contribution in [0.25, 0.3) is 0 Å². The maximum absolute atomic E-state index is 14.1. The molecule has 0 saturated carbocycles. The van der Waals surface area contributed by atoms with E-state index in [1.54, 1.807) is 0 Å². The second-order valence-electron chi connectivity index (χ2n) is 6.48. The topological polar surface area (TPSA) is 61.8 Å². The van der Waals surface area contributed by atoms with Crippen LogP contribution in [0.15, 0.2) is 12.1 Å². The zero-order valence-corrected chi connectivity index (χ0v) is 15.4. The minimum Gasteiger partial charge on any atom is -0.496 e. The Morgan fingerprint density at radius 1 is 1.40 bits per heavy atom. The van der Waals surface area contributed by atoms with E-state index in [9.17, 15) is 13.6 Å². The molecule has 142 valence electrons. The number of hydrogen-bond donors (Lipinski definition) is 2. The van der Waals surface area contributed by atoms with Crippen LogP contribution < -0.4 is 10.1 Å². The minimum absolute atomic E-state index is 0. The highest BCUT2D eigenvalue weighted by Crippen LogP contribution is 2.30. The fourth-order valence-corrected chi connectivity index (χ4v) is 3.26. The van der Waals surface area contributed by atoms with Gasteiger partial charge in [0.05, 0.1) is 7.11 Å². The van der Waals surface area contributed by atoms with Crippen molar-refractivity contribution in [3.05, 3.63) is 29.3 Å². The van der Waals surface area contributed by atoms with Crippen molar-refractivity contribution >= 4 is 18.3 Å². The van der Waals surface area contributed by atoms with Gasteiger partial charge < -0.3 is 15.2 Å². The number of rotatable bonds is 6. The van der Waals surface area contributed by atoms with Gasteiger partial charge in [0.15, 0.2) is 11.6 Å². The second kappa shape index (κ2) is 9.31. The van der Waals surface area contributed by atoms with Crippen LogP contribution in [0.1, 0.15) is 19.4 Å². The van der Waals surface area contributed by atoms with Gasteiger partial charge in [0.2, 0.25) is 5.91 Å². The molecule has 25 heavy (non-hydrogen) atoms. The fourth-order valence-electron chi connectivity index (χ4n) is 3.26. The van der Waals surface area contributed by atoms with Gasteiger partial charge in [0, 0.05) is 31.2 Å². The van der Waals surface area contributed by atoms with E-state index in [-0.39, 0.29) is 36.5 Å². The molecule has 0 unspecified atom stereocenters. The number of aliphatic hydroxyl groups is 1. The smallest absolute Gasteiger partial charge is 0.245 e. The zero-order valence-electron chi connectivity index (χ0n) is 14.6. The quantitative estimate of drug-likeness (QED) is 0.794. The molecule has 8 heteroatoms. The summed E-state index contributed by atoms with van der Waals surface area (Å²) in [7, 11) is 1.42. The molecule has 1 amide bonds. The molecule has 0 aliphatic carbocycles. The maximum atomic E-state index is 14.1. The van der Waals surface area contributed by atoms with Crippen LogP contribution in [-0.4, -0.2) is 48.8 Å². The van der Waals surface area contributed by atoms with Crippen molar-refractivity contribution in [3.63, 3.8) is 0 Å². The molecule has 1 fully saturated rings. The number of benzene rings is 1. The van der Waals surface area contributed by atoms with Crippen molar-refractivity contribution in [2.45, 2.75) is 26.4 Å². The number of carbonyl (C=O) groups is 1. The molecule has 2 N–H and O–H groups in total. The van der Waals surface area contributed by atoms with E-state index in [1.165, 1.54) is 13.2 Å². The normalized spacial score (nSPS) is 20.4. The molecule has 1 aliphatic heterocycles. The lowest BCUT2D eigenvalue weighted by Crippen LogP contribution is -2.43. The maximum Gasteiger partial charge on any atom is 0.245 e. The van der Waals surface area contributed by atoms with Gasteiger partial charge in [0.25, 0.3) is 0 Å². The van der Waals surface area contributed by atoms with E-state index in [0.29, 0.717) is 24.8 Å². The van der Waals surface area contributed by atoms with Crippen molar-refractivity contribution in [2.75, 3.05) is 26.8 Å². The van der Waals surface area contributed by atoms with Crippen molar-refractivity contribution in [1.29, 1.82) is 0 Å². The van der Waals surface area contributed by atoms with E-state index in [0.717, 1.165) is 6.07 Å². The van der Waals surface area contributed by atoms with Gasteiger partial charge in [-0.2, -0.15) is 0 Å². The number of nitrogens with zero attached hydrogens (tertiary/aromatic N) is 1. The van der Waals surface area contributed by atoms with Gasteiger partial charge in [-0.05, 0) is 24.0 Å². The van der Waals surface area contributed by atoms with Crippen molar-refractivity contribution in [1.82, 2.24) is 10.2 Å². The first-order valence-corrected chi connectivity index (χ1v) is 8.00. The van der Waals surface area contributed by atoms with Gasteiger partial charge >= 0.3 is 0 Å². The first kappa shape index (κ1) is 21.6. The Kier molecular flexibility index (Phi) is 8.05. The van der Waals surface area contributed by atoms with Crippen LogP contribution in [0.3, 0.4) is 0 Å². The molecule has 1 heterocycles. The zero-order chi connectivity index (χ0) is 17.9. The summed E-state index contributed by atoms with van der Waals surface area (Å²) >= 11 is 0. The monoisotopic (exact) mass is 378 g/mol. The van der Waals surface area contributed by atoms with Gasteiger partial charge in [-0.1, -0.05) is 13.8 Å². The standard InChI is InChI=1S/C17H24F2N2O3.ClH/c1-10(2)11-6-21(8-14(11)20-16(23)9-22)7-12-15(24-3)5-4-13(18)17(12)19;/h4-5,10-11,14,22H,6-9H2,1-3H3,(H,20,23);1H/t11-,14+;/m1./s1. The van der Waals surface area contributed by atoms with Crippen LogP contribution in [0.5, 0.6) is 5.75 Å². The molecule has 1 saturated heterocycles. The van der Waals surface area contributed by atoms with E-state index >= 15 is 0 Å². The molecule has 5 nitrogen and oxygen atoms in total. The summed E-state index contributed by atoms with van der Waals surface area (Å²) in [6, 6.07) is 2.32. The summed E-state index contributed by atoms with van der Waals surface area (Å²) in [6.45, 7) is 4.89. The SMILES string of the molecule is COc1ccc(F)c(F)c1CN1C[C@H](NC(=O)CO)[C@@H](C(C)C)C1.Cl. The molecule has 0 aromatic heterocycles. The molecule has 1 aromatic rings. The van der Waals surface area contributed by atoms with Crippen LogP contribution >= 0.6 is 12.4 Å². The lowest BCUT2D eigenvalue weighted by molar-refractivity contribution is -0.124. The Hall–Kier alpha value is -1.44. The molecule has 2 atom stereocenters. The van der Waals surface area contributed by atoms with Crippen molar-refractivity contribution in [2.24, 2.45) is 11.8 Å². The highest BCUT2D eigenvalue weighted by molar-refractivity contribution is 5.85. The summed E-state index contributed by atoms with van der Waals surface area (Å²) < 4.78 is 32.8. The molecule has 1 aliphatic rings. The van der Waals surface area contributed by atoms with E-state index in [2.05, 4.69) is 19.2 Å². The Labute approximate surface area is 152 Å². The summed E-state index contributed by atoms with van der Waals surface area (Å²) in [5.74, 6) is -1.46. The summed E-state index contributed by atoms with van der Waals surface area (Å²) in [4.78, 5) is 13.5. The Bertz CT molecular complexity index is 602. The molecule has 1 aromatic carbocycles. The van der Waals surface area contributed by atoms with Gasteiger partial charge in [-0.25, -0.2) is 8.78 Å². The van der Waals surface area contributed by atoms with Crippen LogP contribution in [-0.2, 0) is 11.3 Å². The number of amides is 1. The number of carbonyl (C=O) groups excluding carboxylic acids is 1. The largest absolute Gasteiger partial charge is 0.496 e. The number of halogens is 3.